The van der Waals surface area contributed by atoms with Crippen molar-refractivity contribution in [3.05, 3.63) is 53.6 Å². The first-order valence-electron chi connectivity index (χ1n) is 6.18. The van der Waals surface area contributed by atoms with Crippen molar-refractivity contribution in [3.8, 4) is 0 Å². The lowest BCUT2D eigenvalue weighted by Crippen LogP contribution is -2.11. The van der Waals surface area contributed by atoms with Gasteiger partial charge in [0.05, 0.1) is 5.02 Å². The lowest BCUT2D eigenvalue weighted by Gasteiger charge is -2.06. The van der Waals surface area contributed by atoms with Crippen LogP contribution in [-0.2, 0) is 4.79 Å². The van der Waals surface area contributed by atoms with E-state index >= 15 is 0 Å². The number of rotatable bonds is 5. The van der Waals surface area contributed by atoms with Crippen LogP contribution >= 0.6 is 23.4 Å². The maximum absolute atomic E-state index is 11.8. The number of carbonyl (C=O) groups is 1. The minimum Gasteiger partial charge on any atom is -0.399 e. The Labute approximate surface area is 127 Å². The van der Waals surface area contributed by atoms with E-state index in [-0.39, 0.29) is 5.91 Å². The molecule has 0 atom stereocenters. The Balaban J connectivity index is 1.81. The van der Waals surface area contributed by atoms with Gasteiger partial charge in [-0.25, -0.2) is 0 Å². The van der Waals surface area contributed by atoms with Crippen LogP contribution in [0.5, 0.6) is 0 Å². The standard InChI is InChI=1S/C15H15ClN2OS/c16-13-7-6-11(17)10-14(13)20-9-8-15(19)18-12-4-2-1-3-5-12/h1-7,10H,8-9,17H2,(H,18,19). The monoisotopic (exact) mass is 306 g/mol. The molecule has 0 fully saturated rings. The molecule has 2 rings (SSSR count). The van der Waals surface area contributed by atoms with Crippen LogP contribution in [0.25, 0.3) is 0 Å². The minimum atomic E-state index is -0.0104. The first kappa shape index (κ1) is 14.8. The predicted molar refractivity (Wildman–Crippen MR) is 86.3 cm³/mol. The van der Waals surface area contributed by atoms with E-state index in [0.717, 1.165) is 10.6 Å². The maximum Gasteiger partial charge on any atom is 0.225 e. The highest BCUT2D eigenvalue weighted by atomic mass is 35.5. The van der Waals surface area contributed by atoms with Crippen LogP contribution < -0.4 is 11.1 Å². The van der Waals surface area contributed by atoms with Gasteiger partial charge in [-0.05, 0) is 30.3 Å². The molecule has 20 heavy (non-hydrogen) atoms. The minimum absolute atomic E-state index is 0.0104. The number of nitrogens with one attached hydrogen (secondary N) is 1. The Morgan fingerprint density at radius 3 is 2.70 bits per heavy atom. The van der Waals surface area contributed by atoms with Gasteiger partial charge in [0.25, 0.3) is 0 Å². The summed E-state index contributed by atoms with van der Waals surface area (Å²) in [5.41, 5.74) is 7.19. The molecular weight excluding hydrogens is 292 g/mol. The normalized spacial score (nSPS) is 10.2. The third-order valence-electron chi connectivity index (χ3n) is 2.60. The largest absolute Gasteiger partial charge is 0.399 e. The van der Waals surface area contributed by atoms with E-state index in [9.17, 15) is 4.79 Å². The van der Waals surface area contributed by atoms with E-state index in [1.54, 1.807) is 12.1 Å². The van der Waals surface area contributed by atoms with Crippen molar-refractivity contribution in [3.63, 3.8) is 0 Å². The molecule has 2 aromatic rings. The smallest absolute Gasteiger partial charge is 0.225 e. The Morgan fingerprint density at radius 2 is 1.95 bits per heavy atom. The van der Waals surface area contributed by atoms with Crippen LogP contribution in [0.1, 0.15) is 6.42 Å². The molecule has 104 valence electrons. The van der Waals surface area contributed by atoms with Crippen molar-refractivity contribution in [2.75, 3.05) is 16.8 Å². The molecule has 0 radical (unpaired) electrons. The van der Waals surface area contributed by atoms with Gasteiger partial charge in [0.1, 0.15) is 0 Å². The Bertz CT molecular complexity index is 590. The zero-order valence-electron chi connectivity index (χ0n) is 10.8. The van der Waals surface area contributed by atoms with Crippen molar-refractivity contribution in [2.45, 2.75) is 11.3 Å². The van der Waals surface area contributed by atoms with E-state index in [0.29, 0.717) is 22.9 Å². The predicted octanol–water partition coefficient (Wildman–Crippen LogP) is 4.04. The number of nitrogens with two attached hydrogens (primary N) is 1. The third kappa shape index (κ3) is 4.47. The molecule has 0 aliphatic heterocycles. The summed E-state index contributed by atoms with van der Waals surface area (Å²) in [6.45, 7) is 0. The first-order chi connectivity index (χ1) is 9.65. The number of benzene rings is 2. The summed E-state index contributed by atoms with van der Waals surface area (Å²) < 4.78 is 0. The van der Waals surface area contributed by atoms with E-state index in [4.69, 9.17) is 17.3 Å². The van der Waals surface area contributed by atoms with Gasteiger partial charge in [-0.15, -0.1) is 11.8 Å². The number of amides is 1. The summed E-state index contributed by atoms with van der Waals surface area (Å²) in [5.74, 6) is 0.644. The average Bonchev–Trinajstić information content (AvgIpc) is 2.44. The molecule has 0 unspecified atom stereocenters. The summed E-state index contributed by atoms with van der Waals surface area (Å²) >= 11 is 7.59. The number of carbonyl (C=O) groups excluding carboxylic acids is 1. The van der Waals surface area contributed by atoms with Crippen LogP contribution in [0.3, 0.4) is 0 Å². The number of hydrogen-bond donors (Lipinski definition) is 2. The molecular formula is C15H15ClN2OS. The van der Waals surface area contributed by atoms with Gasteiger partial charge in [-0.2, -0.15) is 0 Å². The summed E-state index contributed by atoms with van der Waals surface area (Å²) in [7, 11) is 0. The molecule has 0 aromatic heterocycles. The van der Waals surface area contributed by atoms with Gasteiger partial charge >= 0.3 is 0 Å². The first-order valence-corrected chi connectivity index (χ1v) is 7.54. The number of para-hydroxylation sites is 1. The van der Waals surface area contributed by atoms with Gasteiger partial charge < -0.3 is 11.1 Å². The Kier molecular flexibility index (Phi) is 5.32. The number of nitrogen functional groups attached to an aromatic ring is 1. The summed E-state index contributed by atoms with van der Waals surface area (Å²) in [6.07, 6.45) is 0.421. The van der Waals surface area contributed by atoms with Crippen LogP contribution in [0.15, 0.2) is 53.4 Å². The highest BCUT2D eigenvalue weighted by Gasteiger charge is 2.05. The van der Waals surface area contributed by atoms with Crippen molar-refractivity contribution >= 4 is 40.6 Å². The number of anilines is 2. The number of thioether (sulfide) groups is 1. The Morgan fingerprint density at radius 1 is 1.20 bits per heavy atom. The van der Waals surface area contributed by atoms with E-state index in [2.05, 4.69) is 5.32 Å². The van der Waals surface area contributed by atoms with Crippen molar-refractivity contribution in [2.24, 2.45) is 0 Å². The number of halogens is 1. The molecule has 0 bridgehead atoms. The van der Waals surface area contributed by atoms with Crippen LogP contribution in [-0.4, -0.2) is 11.7 Å². The fourth-order valence-corrected chi connectivity index (χ4v) is 2.84. The topological polar surface area (TPSA) is 55.1 Å². The summed E-state index contributed by atoms with van der Waals surface area (Å²) in [6, 6.07) is 14.8. The van der Waals surface area contributed by atoms with Gasteiger partial charge in [0, 0.05) is 28.4 Å². The lowest BCUT2D eigenvalue weighted by atomic mass is 10.3. The van der Waals surface area contributed by atoms with Gasteiger partial charge in [-0.3, -0.25) is 4.79 Å². The molecule has 0 heterocycles. The molecule has 1 amide bonds. The lowest BCUT2D eigenvalue weighted by molar-refractivity contribution is -0.115. The molecule has 5 heteroatoms. The molecule has 0 aliphatic carbocycles. The second kappa shape index (κ2) is 7.22. The van der Waals surface area contributed by atoms with Crippen LogP contribution in [0, 0.1) is 0 Å². The van der Waals surface area contributed by atoms with E-state index in [1.807, 2.05) is 36.4 Å². The maximum atomic E-state index is 11.8. The van der Waals surface area contributed by atoms with Crippen LogP contribution in [0.4, 0.5) is 11.4 Å². The second-order valence-electron chi connectivity index (χ2n) is 4.20. The van der Waals surface area contributed by atoms with Crippen molar-refractivity contribution in [1.82, 2.24) is 0 Å². The van der Waals surface area contributed by atoms with Crippen molar-refractivity contribution in [1.29, 1.82) is 0 Å². The summed E-state index contributed by atoms with van der Waals surface area (Å²) in [5, 5.41) is 3.50. The molecule has 2 aromatic carbocycles. The molecule has 3 nitrogen and oxygen atoms in total. The van der Waals surface area contributed by atoms with Gasteiger partial charge in [-0.1, -0.05) is 29.8 Å². The molecule has 0 saturated carbocycles. The molecule has 0 aliphatic rings. The van der Waals surface area contributed by atoms with Gasteiger partial charge in [0.15, 0.2) is 0 Å². The zero-order chi connectivity index (χ0) is 14.4. The SMILES string of the molecule is Nc1ccc(Cl)c(SCCC(=O)Nc2ccccc2)c1. The quantitative estimate of drug-likeness (QED) is 0.647. The molecule has 0 spiro atoms. The van der Waals surface area contributed by atoms with Crippen LogP contribution in [0.2, 0.25) is 5.02 Å². The third-order valence-corrected chi connectivity index (χ3v) is 4.10. The molecule has 3 N–H and O–H groups in total. The number of hydrogen-bond acceptors (Lipinski definition) is 3. The van der Waals surface area contributed by atoms with E-state index in [1.165, 1.54) is 11.8 Å². The summed E-state index contributed by atoms with van der Waals surface area (Å²) in [4.78, 5) is 12.7. The fourth-order valence-electron chi connectivity index (χ4n) is 1.63. The highest BCUT2D eigenvalue weighted by molar-refractivity contribution is 7.99. The average molecular weight is 307 g/mol. The van der Waals surface area contributed by atoms with E-state index < -0.39 is 0 Å². The Hall–Kier alpha value is -1.65. The second-order valence-corrected chi connectivity index (χ2v) is 5.75. The van der Waals surface area contributed by atoms with Crippen molar-refractivity contribution < 1.29 is 4.79 Å². The molecule has 0 saturated heterocycles. The zero-order valence-corrected chi connectivity index (χ0v) is 12.4. The fraction of sp³-hybridized carbons (Fsp3) is 0.133. The highest BCUT2D eigenvalue weighted by Crippen LogP contribution is 2.29. The van der Waals surface area contributed by atoms with Gasteiger partial charge in [0.2, 0.25) is 5.91 Å².